The lowest BCUT2D eigenvalue weighted by atomic mass is 9.43. The minimum Gasteiger partial charge on any atom is -0.466 e. The SMILES string of the molecule is CC(=O)OC1CC[C@@]2(C)[C@@H](C1)CC(OC(C)=O)[C@@H]1[C@@H]2CC(OC(C)=O)[C@]2(C)[C@@H]([C@H](C)CCC(=O)OCCCC(=O)OCC(F)(F)S(=O)(=O)O)CC[C@@H]12. The predicted molar refractivity (Wildman–Crippen MR) is 179 cm³/mol. The molecular weight excluding hydrogens is 710 g/mol. The van der Waals surface area contributed by atoms with E-state index in [-0.39, 0.29) is 90.5 Å². The van der Waals surface area contributed by atoms with Gasteiger partial charge in [-0.1, -0.05) is 20.8 Å². The van der Waals surface area contributed by atoms with E-state index in [0.29, 0.717) is 25.7 Å². The van der Waals surface area contributed by atoms with E-state index in [1.54, 1.807) is 0 Å². The van der Waals surface area contributed by atoms with Gasteiger partial charge in [-0.15, -0.1) is 0 Å². The van der Waals surface area contributed by atoms with Gasteiger partial charge in [-0.05, 0) is 92.8 Å². The normalized spacial score (nSPS) is 34.8. The molecule has 4 saturated carbocycles. The summed E-state index contributed by atoms with van der Waals surface area (Å²) in [7, 11) is -5.73. The molecule has 4 fully saturated rings. The smallest absolute Gasteiger partial charge is 0.402 e. The molecule has 3 unspecified atom stereocenters. The van der Waals surface area contributed by atoms with Crippen molar-refractivity contribution in [1.82, 2.24) is 0 Å². The van der Waals surface area contributed by atoms with Crippen molar-refractivity contribution in [2.24, 2.45) is 46.3 Å². The van der Waals surface area contributed by atoms with Crippen molar-refractivity contribution >= 4 is 40.0 Å². The number of fused-ring (bicyclic) bond motifs is 5. The maximum Gasteiger partial charge on any atom is 0.402 e. The summed E-state index contributed by atoms with van der Waals surface area (Å²) >= 11 is 0. The van der Waals surface area contributed by atoms with Crippen LogP contribution in [0.1, 0.15) is 112 Å². The van der Waals surface area contributed by atoms with Crippen LogP contribution in [0.5, 0.6) is 0 Å². The Balaban J connectivity index is 1.41. The van der Waals surface area contributed by atoms with Gasteiger partial charge in [-0.3, -0.25) is 28.5 Å². The number of carbonyl (C=O) groups excluding carboxylic acids is 5. The lowest BCUT2D eigenvalue weighted by Crippen LogP contribution is -2.63. The average Bonchev–Trinajstić information content (AvgIpc) is 3.39. The first-order chi connectivity index (χ1) is 24.1. The van der Waals surface area contributed by atoms with Gasteiger partial charge in [-0.2, -0.15) is 17.2 Å². The maximum absolute atomic E-state index is 13.3. The summed E-state index contributed by atoms with van der Waals surface area (Å²) in [4.78, 5) is 61.2. The second-order valence-corrected chi connectivity index (χ2v) is 17.4. The zero-order valence-electron chi connectivity index (χ0n) is 30.9. The Morgan fingerprint density at radius 1 is 0.846 bits per heavy atom. The van der Waals surface area contributed by atoms with E-state index in [0.717, 1.165) is 25.7 Å². The molecule has 4 aliphatic carbocycles. The molecule has 0 aromatic heterocycles. The molecule has 0 aliphatic heterocycles. The first-order valence-electron chi connectivity index (χ1n) is 18.3. The van der Waals surface area contributed by atoms with Crippen LogP contribution in [0, 0.1) is 46.3 Å². The Bertz CT molecular complexity index is 1470. The number of hydrogen-bond donors (Lipinski definition) is 1. The van der Waals surface area contributed by atoms with Crippen LogP contribution < -0.4 is 0 Å². The molecule has 296 valence electrons. The van der Waals surface area contributed by atoms with E-state index in [1.165, 1.54) is 20.8 Å². The molecule has 0 spiro atoms. The first-order valence-corrected chi connectivity index (χ1v) is 19.7. The van der Waals surface area contributed by atoms with Crippen LogP contribution in [-0.2, 0) is 57.8 Å². The Hall–Kier alpha value is -2.88. The second-order valence-electron chi connectivity index (χ2n) is 15.9. The number of hydrogen-bond acceptors (Lipinski definition) is 12. The topological polar surface area (TPSA) is 186 Å². The standard InChI is InChI=1S/C36H54F2O13S/c1-20(9-12-32(43)47-15-7-8-31(42)48-19-36(37,38)52(44,45)46)26-10-11-27-33-28(18-30(35(26,27)6)51-23(4)41)34(5)14-13-25(49-21(2)39)16-24(34)17-29(33)50-22(3)40/h20,24-30,33H,7-19H2,1-6H3,(H,44,45,46)/t20-,24+,25?,26-,27+,28+,29?,30?,33+,34+,35-/m1/s1. The van der Waals surface area contributed by atoms with E-state index in [9.17, 15) is 41.2 Å². The summed E-state index contributed by atoms with van der Waals surface area (Å²) < 4.78 is 83.7. The fourth-order valence-electron chi connectivity index (χ4n) is 10.4. The van der Waals surface area contributed by atoms with E-state index >= 15 is 0 Å². The molecule has 52 heavy (non-hydrogen) atoms. The highest BCUT2D eigenvalue weighted by Gasteiger charge is 2.67. The molecule has 0 aromatic rings. The molecular formula is C36H54F2O13S. The van der Waals surface area contributed by atoms with Crippen LogP contribution in [0.15, 0.2) is 0 Å². The molecule has 0 saturated heterocycles. The van der Waals surface area contributed by atoms with Gasteiger partial charge in [0, 0.05) is 44.9 Å². The lowest BCUT2D eigenvalue weighted by molar-refractivity contribution is -0.224. The zero-order chi connectivity index (χ0) is 38.8. The van der Waals surface area contributed by atoms with E-state index < -0.39 is 51.9 Å². The van der Waals surface area contributed by atoms with Crippen molar-refractivity contribution in [3.05, 3.63) is 0 Å². The summed E-state index contributed by atoms with van der Waals surface area (Å²) in [5, 5.41) is -4.63. The van der Waals surface area contributed by atoms with Gasteiger partial charge >= 0.3 is 45.2 Å². The summed E-state index contributed by atoms with van der Waals surface area (Å²) in [6.45, 7) is 8.78. The molecule has 0 amide bonds. The summed E-state index contributed by atoms with van der Waals surface area (Å²) in [6, 6.07) is 0. The quantitative estimate of drug-likeness (QED) is 0.102. The molecule has 0 aromatic carbocycles. The molecule has 13 nitrogen and oxygen atoms in total. The Labute approximate surface area is 304 Å². The monoisotopic (exact) mass is 764 g/mol. The van der Waals surface area contributed by atoms with Gasteiger partial charge in [0.15, 0.2) is 6.61 Å². The van der Waals surface area contributed by atoms with Gasteiger partial charge in [0.05, 0.1) is 6.61 Å². The van der Waals surface area contributed by atoms with Crippen molar-refractivity contribution in [2.75, 3.05) is 13.2 Å². The molecule has 11 atom stereocenters. The summed E-state index contributed by atoms with van der Waals surface area (Å²) in [5.74, 6) is -2.18. The highest BCUT2D eigenvalue weighted by Crippen LogP contribution is 2.69. The third-order valence-corrected chi connectivity index (χ3v) is 13.6. The number of carbonyl (C=O) groups is 5. The van der Waals surface area contributed by atoms with Crippen molar-refractivity contribution in [3.8, 4) is 0 Å². The van der Waals surface area contributed by atoms with Crippen LogP contribution in [0.2, 0.25) is 0 Å². The Kier molecular flexibility index (Phi) is 13.1. The zero-order valence-corrected chi connectivity index (χ0v) is 31.7. The fraction of sp³-hybridized carbons (Fsp3) is 0.861. The van der Waals surface area contributed by atoms with Crippen LogP contribution in [0.3, 0.4) is 0 Å². The second kappa shape index (κ2) is 16.2. The number of rotatable bonds is 14. The van der Waals surface area contributed by atoms with Crippen molar-refractivity contribution < 1.29 is 69.4 Å². The third-order valence-electron chi connectivity index (χ3n) is 12.8. The largest absolute Gasteiger partial charge is 0.466 e. The van der Waals surface area contributed by atoms with Crippen LogP contribution in [0.25, 0.3) is 0 Å². The van der Waals surface area contributed by atoms with Crippen LogP contribution in [0.4, 0.5) is 8.78 Å². The fourth-order valence-corrected chi connectivity index (χ4v) is 10.7. The molecule has 0 bridgehead atoms. The minimum atomic E-state index is -5.73. The van der Waals surface area contributed by atoms with Crippen LogP contribution >= 0.6 is 0 Å². The summed E-state index contributed by atoms with van der Waals surface area (Å²) in [5.41, 5.74) is -0.591. The van der Waals surface area contributed by atoms with E-state index in [2.05, 4.69) is 25.5 Å². The van der Waals surface area contributed by atoms with Gasteiger partial charge in [0.2, 0.25) is 0 Å². The van der Waals surface area contributed by atoms with Crippen molar-refractivity contribution in [2.45, 2.75) is 136 Å². The number of halogens is 2. The summed E-state index contributed by atoms with van der Waals surface area (Å²) in [6.07, 6.45) is 4.41. The maximum atomic E-state index is 13.3. The molecule has 4 aliphatic rings. The highest BCUT2D eigenvalue weighted by molar-refractivity contribution is 7.86. The third kappa shape index (κ3) is 9.07. The van der Waals surface area contributed by atoms with Crippen molar-refractivity contribution in [3.63, 3.8) is 0 Å². The number of esters is 5. The molecule has 4 rings (SSSR count). The number of alkyl halides is 2. The molecule has 0 radical (unpaired) electrons. The minimum absolute atomic E-state index is 0.0230. The highest BCUT2D eigenvalue weighted by atomic mass is 32.2. The van der Waals surface area contributed by atoms with Gasteiger partial charge in [-0.25, -0.2) is 0 Å². The van der Waals surface area contributed by atoms with Gasteiger partial charge < -0.3 is 23.7 Å². The van der Waals surface area contributed by atoms with E-state index in [4.69, 9.17) is 23.5 Å². The average molecular weight is 765 g/mol. The van der Waals surface area contributed by atoms with Gasteiger partial charge in [0.1, 0.15) is 18.3 Å². The van der Waals surface area contributed by atoms with Gasteiger partial charge in [0.25, 0.3) is 0 Å². The molecule has 0 heterocycles. The van der Waals surface area contributed by atoms with E-state index in [1.807, 2.05) is 0 Å². The molecule has 1 N–H and O–H groups in total. The lowest BCUT2D eigenvalue weighted by Gasteiger charge is -2.64. The Morgan fingerprint density at radius 3 is 2.10 bits per heavy atom. The predicted octanol–water partition coefficient (Wildman–Crippen LogP) is 5.42. The first kappa shape index (κ1) is 41.9. The van der Waals surface area contributed by atoms with Crippen LogP contribution in [-0.4, -0.2) is 79.6 Å². The van der Waals surface area contributed by atoms with Crippen molar-refractivity contribution in [1.29, 1.82) is 0 Å². The Morgan fingerprint density at radius 2 is 1.48 bits per heavy atom. The number of ether oxygens (including phenoxy) is 5. The molecule has 16 heteroatoms.